The number of aromatic nitrogens is 2. The van der Waals surface area contributed by atoms with E-state index in [0.717, 1.165) is 18.5 Å². The molecule has 2 rings (SSSR count). The molecule has 1 unspecified atom stereocenters. The lowest BCUT2D eigenvalue weighted by atomic mass is 9.94. The number of rotatable bonds is 3. The van der Waals surface area contributed by atoms with E-state index < -0.39 is 17.4 Å². The van der Waals surface area contributed by atoms with Crippen LogP contribution in [0.2, 0.25) is 0 Å². The summed E-state index contributed by atoms with van der Waals surface area (Å²) < 4.78 is 1.81. The molecule has 1 aromatic rings. The van der Waals surface area contributed by atoms with Crippen LogP contribution in [0.4, 0.5) is 0 Å². The number of nitrogens with two attached hydrogens (primary N) is 1. The number of nitrogens with zero attached hydrogens (tertiary/aromatic N) is 2. The number of imidazole rings is 1. The molecule has 0 aromatic carbocycles. The molecule has 0 amide bonds. The number of carboxylic acids is 1. The van der Waals surface area contributed by atoms with Crippen LogP contribution < -0.4 is 5.73 Å². The highest BCUT2D eigenvalue weighted by atomic mass is 16.4. The Kier molecular flexibility index (Phi) is 1.85. The van der Waals surface area contributed by atoms with Gasteiger partial charge in [0.2, 0.25) is 0 Å². The molecule has 1 aromatic heterocycles. The minimum atomic E-state index is -0.951. The summed E-state index contributed by atoms with van der Waals surface area (Å²) in [6, 6.07) is -0.836. The lowest BCUT2D eigenvalue weighted by molar-refractivity contribution is -0.139. The van der Waals surface area contributed by atoms with Crippen LogP contribution in [0.25, 0.3) is 0 Å². The summed E-state index contributed by atoms with van der Waals surface area (Å²) in [5.74, 6) is -0.951. The zero-order valence-electron chi connectivity index (χ0n) is 7.97. The second-order valence-electron chi connectivity index (χ2n) is 3.90. The fourth-order valence-corrected chi connectivity index (χ4v) is 1.77. The standard InChI is InChI=1S/C9H13N3O2/c1-12-4-6(11-5-12)9(2-3-9)7(10)8(13)14/h4-5,7H,2-3,10H2,1H3,(H,13,14). The average Bonchev–Trinajstić information content (AvgIpc) is 2.83. The van der Waals surface area contributed by atoms with E-state index in [1.54, 1.807) is 6.33 Å². The lowest BCUT2D eigenvalue weighted by Gasteiger charge is -2.16. The molecule has 3 N–H and O–H groups in total. The van der Waals surface area contributed by atoms with Crippen LogP contribution in [-0.4, -0.2) is 26.7 Å². The van der Waals surface area contributed by atoms with E-state index in [1.165, 1.54) is 0 Å². The molecular weight excluding hydrogens is 182 g/mol. The Balaban J connectivity index is 2.29. The third-order valence-electron chi connectivity index (χ3n) is 2.87. The van der Waals surface area contributed by atoms with Crippen molar-refractivity contribution in [1.82, 2.24) is 9.55 Å². The summed E-state index contributed by atoms with van der Waals surface area (Å²) in [7, 11) is 1.86. The minimum absolute atomic E-state index is 0.410. The minimum Gasteiger partial charge on any atom is -0.480 e. The van der Waals surface area contributed by atoms with Crippen LogP contribution in [0.5, 0.6) is 0 Å². The van der Waals surface area contributed by atoms with E-state index in [4.69, 9.17) is 10.8 Å². The highest BCUT2D eigenvalue weighted by Crippen LogP contribution is 2.49. The SMILES string of the molecule is Cn1cnc(C2(C(N)C(=O)O)CC2)c1. The van der Waals surface area contributed by atoms with E-state index >= 15 is 0 Å². The highest BCUT2D eigenvalue weighted by Gasteiger charge is 2.53. The zero-order valence-corrected chi connectivity index (χ0v) is 7.97. The maximum atomic E-state index is 10.8. The van der Waals surface area contributed by atoms with Crippen LogP contribution in [0, 0.1) is 0 Å². The van der Waals surface area contributed by atoms with Gasteiger partial charge in [0.1, 0.15) is 6.04 Å². The first kappa shape index (κ1) is 9.21. The molecule has 0 radical (unpaired) electrons. The normalized spacial score (nSPS) is 20.4. The van der Waals surface area contributed by atoms with Gasteiger partial charge in [0.25, 0.3) is 0 Å². The molecule has 0 aliphatic heterocycles. The van der Waals surface area contributed by atoms with Gasteiger partial charge in [-0.2, -0.15) is 0 Å². The molecule has 1 heterocycles. The molecule has 5 heteroatoms. The van der Waals surface area contributed by atoms with Crippen molar-refractivity contribution in [2.75, 3.05) is 0 Å². The Morgan fingerprint density at radius 2 is 2.43 bits per heavy atom. The molecule has 76 valence electrons. The van der Waals surface area contributed by atoms with Crippen molar-refractivity contribution in [1.29, 1.82) is 0 Å². The van der Waals surface area contributed by atoms with Gasteiger partial charge in [0, 0.05) is 18.7 Å². The Labute approximate surface area is 81.5 Å². The number of carbonyl (C=O) groups is 1. The Hall–Kier alpha value is -1.36. The van der Waals surface area contributed by atoms with Gasteiger partial charge in [-0.25, -0.2) is 4.98 Å². The van der Waals surface area contributed by atoms with Crippen molar-refractivity contribution in [2.45, 2.75) is 24.3 Å². The van der Waals surface area contributed by atoms with Crippen LogP contribution in [0.1, 0.15) is 18.5 Å². The maximum Gasteiger partial charge on any atom is 0.321 e. The van der Waals surface area contributed by atoms with Gasteiger partial charge in [0.15, 0.2) is 0 Å². The summed E-state index contributed by atoms with van der Waals surface area (Å²) in [6.45, 7) is 0. The van der Waals surface area contributed by atoms with Crippen LogP contribution in [0.3, 0.4) is 0 Å². The van der Waals surface area contributed by atoms with Crippen molar-refractivity contribution in [3.63, 3.8) is 0 Å². The molecule has 1 atom stereocenters. The van der Waals surface area contributed by atoms with Gasteiger partial charge in [-0.05, 0) is 12.8 Å². The molecule has 0 bridgehead atoms. The third-order valence-corrected chi connectivity index (χ3v) is 2.87. The smallest absolute Gasteiger partial charge is 0.321 e. The Bertz CT molecular complexity index is 368. The van der Waals surface area contributed by atoms with Gasteiger partial charge in [0.05, 0.1) is 12.0 Å². The second kappa shape index (κ2) is 2.81. The number of carboxylic acid groups (broad SMARTS) is 1. The van der Waals surface area contributed by atoms with Crippen molar-refractivity contribution >= 4 is 5.97 Å². The number of hydrogen-bond acceptors (Lipinski definition) is 3. The quantitative estimate of drug-likeness (QED) is 0.703. The molecule has 0 spiro atoms. The summed E-state index contributed by atoms with van der Waals surface area (Å²) in [5, 5.41) is 8.87. The fraction of sp³-hybridized carbons (Fsp3) is 0.556. The molecule has 1 fully saturated rings. The summed E-state index contributed by atoms with van der Waals surface area (Å²) in [6.07, 6.45) is 5.15. The average molecular weight is 195 g/mol. The van der Waals surface area contributed by atoms with Gasteiger partial charge < -0.3 is 15.4 Å². The number of hydrogen-bond donors (Lipinski definition) is 2. The third kappa shape index (κ3) is 1.21. The number of aliphatic carboxylic acids is 1. The predicted octanol–water partition coefficient (Wildman–Crippen LogP) is -0.136. The maximum absolute atomic E-state index is 10.8. The van der Waals surface area contributed by atoms with Gasteiger partial charge in [-0.1, -0.05) is 0 Å². The lowest BCUT2D eigenvalue weighted by Crippen LogP contribution is -2.42. The topological polar surface area (TPSA) is 81.1 Å². The Morgan fingerprint density at radius 1 is 1.79 bits per heavy atom. The van der Waals surface area contributed by atoms with Crippen LogP contribution >= 0.6 is 0 Å². The first-order valence-electron chi connectivity index (χ1n) is 4.53. The van der Waals surface area contributed by atoms with Crippen LogP contribution in [0.15, 0.2) is 12.5 Å². The van der Waals surface area contributed by atoms with Crippen LogP contribution in [-0.2, 0) is 17.3 Å². The van der Waals surface area contributed by atoms with Gasteiger partial charge >= 0.3 is 5.97 Å². The molecule has 14 heavy (non-hydrogen) atoms. The van der Waals surface area contributed by atoms with E-state index in [0.29, 0.717) is 0 Å². The molecule has 1 aliphatic rings. The molecular formula is C9H13N3O2. The van der Waals surface area contributed by atoms with Crippen molar-refractivity contribution in [3.05, 3.63) is 18.2 Å². The largest absolute Gasteiger partial charge is 0.480 e. The second-order valence-corrected chi connectivity index (χ2v) is 3.90. The molecule has 5 nitrogen and oxygen atoms in total. The Morgan fingerprint density at radius 3 is 2.79 bits per heavy atom. The molecule has 1 saturated carbocycles. The van der Waals surface area contributed by atoms with Gasteiger partial charge in [-0.15, -0.1) is 0 Å². The fourth-order valence-electron chi connectivity index (χ4n) is 1.77. The van der Waals surface area contributed by atoms with E-state index in [1.807, 2.05) is 17.8 Å². The monoisotopic (exact) mass is 195 g/mol. The predicted molar refractivity (Wildman–Crippen MR) is 49.7 cm³/mol. The first-order valence-corrected chi connectivity index (χ1v) is 4.53. The first-order chi connectivity index (χ1) is 6.56. The van der Waals surface area contributed by atoms with E-state index in [-0.39, 0.29) is 0 Å². The van der Waals surface area contributed by atoms with E-state index in [2.05, 4.69) is 4.98 Å². The number of aryl methyl sites for hydroxylation is 1. The van der Waals surface area contributed by atoms with Crippen molar-refractivity contribution < 1.29 is 9.90 Å². The summed E-state index contributed by atoms with van der Waals surface area (Å²) in [4.78, 5) is 15.0. The highest BCUT2D eigenvalue weighted by molar-refractivity contribution is 5.76. The van der Waals surface area contributed by atoms with E-state index in [9.17, 15) is 4.79 Å². The van der Waals surface area contributed by atoms with Gasteiger partial charge in [-0.3, -0.25) is 4.79 Å². The summed E-state index contributed by atoms with van der Waals surface area (Å²) in [5.41, 5.74) is 6.04. The zero-order chi connectivity index (χ0) is 10.3. The molecule has 1 aliphatic carbocycles. The van der Waals surface area contributed by atoms with Crippen molar-refractivity contribution in [3.8, 4) is 0 Å². The summed E-state index contributed by atoms with van der Waals surface area (Å²) >= 11 is 0. The van der Waals surface area contributed by atoms with Crippen molar-refractivity contribution in [2.24, 2.45) is 12.8 Å². The molecule has 0 saturated heterocycles.